The molecule has 18 heavy (non-hydrogen) atoms. The smallest absolute Gasteiger partial charge is 0.194 e. The fourth-order valence-electron chi connectivity index (χ4n) is 1.68. The van der Waals surface area contributed by atoms with E-state index in [9.17, 15) is 9.18 Å². The van der Waals surface area contributed by atoms with Gasteiger partial charge < -0.3 is 0 Å². The van der Waals surface area contributed by atoms with Crippen LogP contribution in [0, 0.1) is 24.1 Å². The molecule has 0 saturated carbocycles. The van der Waals surface area contributed by atoms with E-state index < -0.39 is 11.7 Å². The van der Waals surface area contributed by atoms with Gasteiger partial charge in [-0.1, -0.05) is 12.1 Å². The summed E-state index contributed by atoms with van der Waals surface area (Å²) >= 11 is 1.34. The number of rotatable bonds is 3. The third-order valence-corrected chi connectivity index (χ3v) is 3.57. The Labute approximate surface area is 108 Å². The molecule has 1 heterocycles. The van der Waals surface area contributed by atoms with Crippen molar-refractivity contribution >= 4 is 17.1 Å². The molecule has 0 radical (unpaired) electrons. The van der Waals surface area contributed by atoms with Crippen LogP contribution in [0.2, 0.25) is 0 Å². The average Bonchev–Trinajstić information content (AvgIpc) is 2.77. The highest BCUT2D eigenvalue weighted by Crippen LogP contribution is 2.25. The monoisotopic (exact) mass is 259 g/mol. The fourth-order valence-corrected chi connectivity index (χ4v) is 2.52. The van der Waals surface area contributed by atoms with Crippen molar-refractivity contribution < 1.29 is 9.18 Å². The van der Waals surface area contributed by atoms with Gasteiger partial charge in [-0.2, -0.15) is 5.26 Å². The molecule has 0 aliphatic heterocycles. The second kappa shape index (κ2) is 5.11. The molecule has 0 aliphatic rings. The largest absolute Gasteiger partial charge is 0.291 e. The summed E-state index contributed by atoms with van der Waals surface area (Å²) in [6.07, 6.45) is 0. The van der Waals surface area contributed by atoms with Gasteiger partial charge in [0.05, 0.1) is 10.9 Å². The number of Topliss-reactive ketones (excluding diaryl/α,β-unsaturated/α-hetero) is 1. The van der Waals surface area contributed by atoms with Crippen LogP contribution in [0.4, 0.5) is 4.39 Å². The number of nitriles is 1. The van der Waals surface area contributed by atoms with Crippen molar-refractivity contribution in [2.24, 2.45) is 0 Å². The summed E-state index contributed by atoms with van der Waals surface area (Å²) in [7, 11) is 0. The van der Waals surface area contributed by atoms with Crippen molar-refractivity contribution in [2.75, 3.05) is 0 Å². The third-order valence-electron chi connectivity index (χ3n) is 2.56. The van der Waals surface area contributed by atoms with Crippen LogP contribution < -0.4 is 0 Å². The Hall–Kier alpha value is -1.99. The zero-order valence-corrected chi connectivity index (χ0v) is 10.5. The third kappa shape index (κ3) is 2.47. The zero-order chi connectivity index (χ0) is 13.1. The Kier molecular flexibility index (Phi) is 3.54. The Bertz CT molecular complexity index is 627. The van der Waals surface area contributed by atoms with Crippen LogP contribution in [0.5, 0.6) is 0 Å². The van der Waals surface area contributed by atoms with Crippen molar-refractivity contribution in [3.63, 3.8) is 0 Å². The van der Waals surface area contributed by atoms with Crippen LogP contribution >= 0.6 is 11.3 Å². The van der Waals surface area contributed by atoms with Crippen LogP contribution in [-0.4, -0.2) is 5.78 Å². The predicted octanol–water partition coefficient (Wildman–Crippen LogP) is 3.69. The molecular formula is C14H10FNOS. The first-order valence-corrected chi connectivity index (χ1v) is 6.19. The molecule has 4 heteroatoms. The first-order chi connectivity index (χ1) is 8.61. The minimum Gasteiger partial charge on any atom is -0.291 e. The number of benzene rings is 1. The Balaban J connectivity index is 2.35. The van der Waals surface area contributed by atoms with E-state index in [1.165, 1.54) is 29.5 Å². The lowest BCUT2D eigenvalue weighted by Gasteiger charge is -2.06. The lowest BCUT2D eigenvalue weighted by molar-refractivity contribution is 0.0983. The molecule has 1 unspecified atom stereocenters. The van der Waals surface area contributed by atoms with E-state index in [0.29, 0.717) is 10.4 Å². The van der Waals surface area contributed by atoms with Crippen LogP contribution in [0.15, 0.2) is 36.4 Å². The standard InChI is InChI=1S/C14H10FNOS/c1-9-5-6-13(18-9)14(17)12(8-16)10-3-2-4-11(15)7-10/h2-7,12H,1H3. The average molecular weight is 259 g/mol. The maximum absolute atomic E-state index is 13.1. The second-order valence-electron chi connectivity index (χ2n) is 3.89. The van der Waals surface area contributed by atoms with Crippen LogP contribution in [0.25, 0.3) is 0 Å². The van der Waals surface area contributed by atoms with Crippen LogP contribution in [-0.2, 0) is 0 Å². The molecule has 0 amide bonds. The molecule has 2 aromatic rings. The number of thiophene rings is 1. The van der Waals surface area contributed by atoms with Crippen LogP contribution in [0.3, 0.4) is 0 Å². The van der Waals surface area contributed by atoms with Crippen molar-refractivity contribution in [2.45, 2.75) is 12.8 Å². The predicted molar refractivity (Wildman–Crippen MR) is 68.1 cm³/mol. The van der Waals surface area contributed by atoms with Gasteiger partial charge in [0.1, 0.15) is 11.7 Å². The van der Waals surface area contributed by atoms with E-state index in [1.807, 2.05) is 19.1 Å². The number of hydrogen-bond donors (Lipinski definition) is 0. The molecule has 0 aliphatic carbocycles. The number of nitrogens with zero attached hydrogens (tertiary/aromatic N) is 1. The van der Waals surface area contributed by atoms with Crippen molar-refractivity contribution in [1.82, 2.24) is 0 Å². The SMILES string of the molecule is Cc1ccc(C(=O)C(C#N)c2cccc(F)c2)s1. The van der Waals surface area contributed by atoms with Gasteiger partial charge in [-0.3, -0.25) is 4.79 Å². The lowest BCUT2D eigenvalue weighted by atomic mass is 9.95. The molecule has 0 spiro atoms. The molecule has 90 valence electrons. The normalized spacial score (nSPS) is 11.8. The summed E-state index contributed by atoms with van der Waals surface area (Å²) in [5.74, 6) is -1.66. The Morgan fingerprint density at radius 1 is 1.39 bits per heavy atom. The molecule has 2 nitrogen and oxygen atoms in total. The van der Waals surface area contributed by atoms with Gasteiger partial charge in [0, 0.05) is 4.88 Å². The summed E-state index contributed by atoms with van der Waals surface area (Å²) in [4.78, 5) is 13.7. The molecule has 1 aromatic carbocycles. The maximum atomic E-state index is 13.1. The number of ketones is 1. The number of halogens is 1. The number of carbonyl (C=O) groups excluding carboxylic acids is 1. The second-order valence-corrected chi connectivity index (χ2v) is 5.18. The van der Waals surface area contributed by atoms with Gasteiger partial charge in [0.25, 0.3) is 0 Å². The zero-order valence-electron chi connectivity index (χ0n) is 9.68. The highest BCUT2D eigenvalue weighted by atomic mass is 32.1. The molecule has 0 fully saturated rings. The highest BCUT2D eigenvalue weighted by Gasteiger charge is 2.23. The first kappa shape index (κ1) is 12.5. The van der Waals surface area contributed by atoms with Gasteiger partial charge in [-0.05, 0) is 36.8 Å². The lowest BCUT2D eigenvalue weighted by Crippen LogP contribution is -2.09. The first-order valence-electron chi connectivity index (χ1n) is 5.37. The maximum Gasteiger partial charge on any atom is 0.194 e. The molecule has 0 N–H and O–H groups in total. The van der Waals surface area contributed by atoms with Gasteiger partial charge in [0.15, 0.2) is 5.78 Å². The highest BCUT2D eigenvalue weighted by molar-refractivity contribution is 7.14. The minimum absolute atomic E-state index is 0.277. The molecule has 2 rings (SSSR count). The van der Waals surface area contributed by atoms with Crippen molar-refractivity contribution in [1.29, 1.82) is 5.26 Å². The molecule has 0 bridgehead atoms. The van der Waals surface area contributed by atoms with Gasteiger partial charge in [0.2, 0.25) is 0 Å². The van der Waals surface area contributed by atoms with E-state index in [2.05, 4.69) is 0 Å². The van der Waals surface area contributed by atoms with E-state index in [4.69, 9.17) is 5.26 Å². The molecule has 0 saturated heterocycles. The topological polar surface area (TPSA) is 40.9 Å². The number of hydrogen-bond acceptors (Lipinski definition) is 3. The molecule has 1 atom stereocenters. The Morgan fingerprint density at radius 3 is 2.72 bits per heavy atom. The van der Waals surface area contributed by atoms with Crippen LogP contribution in [0.1, 0.15) is 26.0 Å². The van der Waals surface area contributed by atoms with E-state index in [0.717, 1.165) is 4.88 Å². The summed E-state index contributed by atoms with van der Waals surface area (Å²) < 4.78 is 13.1. The summed E-state index contributed by atoms with van der Waals surface area (Å²) in [6, 6.07) is 11.1. The molecule has 1 aromatic heterocycles. The van der Waals surface area contributed by atoms with Crippen molar-refractivity contribution in [3.8, 4) is 6.07 Å². The summed E-state index contributed by atoms with van der Waals surface area (Å²) in [5.41, 5.74) is 0.397. The number of aryl methyl sites for hydroxylation is 1. The van der Waals surface area contributed by atoms with Gasteiger partial charge in [-0.25, -0.2) is 4.39 Å². The van der Waals surface area contributed by atoms with E-state index >= 15 is 0 Å². The minimum atomic E-state index is -0.946. The number of carbonyl (C=O) groups is 1. The quantitative estimate of drug-likeness (QED) is 0.789. The van der Waals surface area contributed by atoms with Gasteiger partial charge in [-0.15, -0.1) is 11.3 Å². The Morgan fingerprint density at radius 2 is 2.17 bits per heavy atom. The molecular weight excluding hydrogens is 249 g/mol. The van der Waals surface area contributed by atoms with E-state index in [-0.39, 0.29) is 5.78 Å². The summed E-state index contributed by atoms with van der Waals surface area (Å²) in [5, 5.41) is 9.12. The summed E-state index contributed by atoms with van der Waals surface area (Å²) in [6.45, 7) is 1.89. The van der Waals surface area contributed by atoms with Crippen molar-refractivity contribution in [3.05, 3.63) is 57.5 Å². The van der Waals surface area contributed by atoms with E-state index in [1.54, 1.807) is 12.1 Å². The fraction of sp³-hybridized carbons (Fsp3) is 0.143. The van der Waals surface area contributed by atoms with Gasteiger partial charge >= 0.3 is 0 Å².